The molecule has 2 aromatic rings. The van der Waals surface area contributed by atoms with Crippen molar-refractivity contribution in [2.45, 2.75) is 75.3 Å². The van der Waals surface area contributed by atoms with Gasteiger partial charge in [-0.15, -0.1) is 23.1 Å². The van der Waals surface area contributed by atoms with Gasteiger partial charge in [0, 0.05) is 33.6 Å². The van der Waals surface area contributed by atoms with Crippen LogP contribution in [0.3, 0.4) is 0 Å². The van der Waals surface area contributed by atoms with Crippen LogP contribution in [0.2, 0.25) is 5.02 Å². The van der Waals surface area contributed by atoms with E-state index in [2.05, 4.69) is 20.8 Å². The summed E-state index contributed by atoms with van der Waals surface area (Å²) < 4.78 is 0. The van der Waals surface area contributed by atoms with Gasteiger partial charge in [-0.05, 0) is 43.4 Å². The van der Waals surface area contributed by atoms with Crippen LogP contribution in [-0.2, 0) is 24.0 Å². The van der Waals surface area contributed by atoms with Gasteiger partial charge in [0.25, 0.3) is 17.7 Å². The van der Waals surface area contributed by atoms with Crippen molar-refractivity contribution in [3.63, 3.8) is 0 Å². The van der Waals surface area contributed by atoms with Crippen LogP contribution in [-0.4, -0.2) is 106 Å². The number of β-lactam (4-membered cyclic amide) rings is 1. The number of rotatable bonds is 12. The molecule has 1 saturated carbocycles. The zero-order valence-electron chi connectivity index (χ0n) is 28.1. The Hall–Kier alpha value is -4.20. The number of fused-ring (bicyclic) bond motifs is 1. The first-order valence-electron chi connectivity index (χ1n) is 16.0. The number of nitrogens with one attached hydrogen (secondary N) is 2. The Bertz CT molecular complexity index is 1840. The molecule has 52 heavy (non-hydrogen) atoms. The number of aliphatic carboxylic acids is 2. The van der Waals surface area contributed by atoms with Crippen LogP contribution in [0.15, 0.2) is 33.9 Å². The standard InChI is InChI=1S/C32H37ClN6O10S3/c1-32(2,3)24(30(47)48)49-38-20(17-12-52-31(34)36-17)26(43)37-21-27(44)39-22(29(45)46)13(11-51-28(21)39)10-50-15-6-4-14(5-7-15)35-25(42)16-8-9-18(40)23(41)19(16)33/h8-9,12,14-15,21,24,28,40-41H,4-7,10-11H2,1-3H3,(H2,34,36)(H,35,42)(H,37,43)(H,45,46)(H,47,48)/b38-20-/t14?,15?,21-,24?,28-/m1/s1. The summed E-state index contributed by atoms with van der Waals surface area (Å²) in [5, 5.41) is 49.3. The quantitative estimate of drug-likeness (QED) is 0.0705. The first kappa shape index (κ1) is 39.0. The summed E-state index contributed by atoms with van der Waals surface area (Å²) in [6.45, 7) is 4.88. The molecule has 8 N–H and O–H groups in total. The van der Waals surface area contributed by atoms with Crippen molar-refractivity contribution in [2.24, 2.45) is 10.6 Å². The van der Waals surface area contributed by atoms with Crippen LogP contribution in [0.25, 0.3) is 0 Å². The highest BCUT2D eigenvalue weighted by Gasteiger charge is 2.54. The van der Waals surface area contributed by atoms with Crippen molar-refractivity contribution in [3.05, 3.63) is 45.1 Å². The van der Waals surface area contributed by atoms with E-state index in [4.69, 9.17) is 22.2 Å². The maximum Gasteiger partial charge on any atom is 0.352 e. The molecule has 1 aromatic carbocycles. The van der Waals surface area contributed by atoms with Gasteiger partial charge in [0.2, 0.25) is 6.10 Å². The summed E-state index contributed by atoms with van der Waals surface area (Å²) in [6.07, 6.45) is 1.40. The average Bonchev–Trinajstić information content (AvgIpc) is 3.51. The Morgan fingerprint density at radius 2 is 1.85 bits per heavy atom. The molecule has 0 bridgehead atoms. The van der Waals surface area contributed by atoms with Crippen molar-refractivity contribution >= 4 is 87.0 Å². The maximum atomic E-state index is 13.5. The third-order valence-corrected chi connectivity index (χ3v) is 12.5. The molecule has 0 spiro atoms. The molecule has 3 heterocycles. The fourth-order valence-electron chi connectivity index (χ4n) is 5.87. The van der Waals surface area contributed by atoms with Crippen LogP contribution in [0.4, 0.5) is 5.13 Å². The number of carboxylic acids is 2. The fraction of sp³-hybridized carbons (Fsp3) is 0.469. The topological polar surface area (TPSA) is 254 Å². The van der Waals surface area contributed by atoms with Crippen LogP contribution in [0.1, 0.15) is 62.5 Å². The minimum Gasteiger partial charge on any atom is -0.504 e. The van der Waals surface area contributed by atoms with Crippen molar-refractivity contribution < 1.29 is 49.2 Å². The number of carbonyl (C=O) groups excluding carboxylic acids is 3. The molecule has 0 radical (unpaired) electrons. The number of benzene rings is 1. The molecule has 5 rings (SSSR count). The van der Waals surface area contributed by atoms with Crippen LogP contribution >= 0.6 is 46.5 Å². The lowest BCUT2D eigenvalue weighted by molar-refractivity contribution is -0.158. The molecule has 2 aliphatic heterocycles. The van der Waals surface area contributed by atoms with E-state index in [9.17, 15) is 44.4 Å². The highest BCUT2D eigenvalue weighted by molar-refractivity contribution is 8.01. The Labute approximate surface area is 315 Å². The maximum absolute atomic E-state index is 13.5. The summed E-state index contributed by atoms with van der Waals surface area (Å²) in [6, 6.07) is 1.30. The second kappa shape index (κ2) is 15.8. The predicted molar refractivity (Wildman–Crippen MR) is 195 cm³/mol. The van der Waals surface area contributed by atoms with Crippen LogP contribution in [0, 0.1) is 5.41 Å². The minimum atomic E-state index is -1.41. The van der Waals surface area contributed by atoms with Gasteiger partial charge >= 0.3 is 11.9 Å². The third kappa shape index (κ3) is 8.37. The number of anilines is 1. The summed E-state index contributed by atoms with van der Waals surface area (Å²) in [5.74, 6) is -4.84. The zero-order valence-corrected chi connectivity index (χ0v) is 31.3. The molecule has 16 nitrogen and oxygen atoms in total. The number of oxime groups is 1. The molecule has 1 aromatic heterocycles. The molecule has 1 saturated heterocycles. The Morgan fingerprint density at radius 1 is 1.15 bits per heavy atom. The lowest BCUT2D eigenvalue weighted by atomic mass is 9.89. The number of phenolic OH excluding ortho intramolecular Hbond substituents is 2. The Balaban J connectivity index is 1.20. The average molecular weight is 797 g/mol. The zero-order chi connectivity index (χ0) is 38.1. The number of phenols is 2. The van der Waals surface area contributed by atoms with Crippen molar-refractivity contribution in [1.82, 2.24) is 20.5 Å². The molecular weight excluding hydrogens is 760 g/mol. The van der Waals surface area contributed by atoms with Gasteiger partial charge in [0.05, 0.1) is 10.6 Å². The van der Waals surface area contributed by atoms with Gasteiger partial charge in [0.15, 0.2) is 22.3 Å². The Kier molecular flexibility index (Phi) is 11.9. The number of nitrogen functional groups attached to an aromatic ring is 1. The number of amides is 3. The van der Waals surface area contributed by atoms with Crippen LogP contribution in [0.5, 0.6) is 11.5 Å². The number of nitrogens with zero attached hydrogens (tertiary/aromatic N) is 3. The summed E-state index contributed by atoms with van der Waals surface area (Å²) in [7, 11) is 0. The number of thiazole rings is 1. The Morgan fingerprint density at radius 3 is 2.44 bits per heavy atom. The molecule has 3 atom stereocenters. The molecule has 3 aliphatic rings. The molecular formula is C32H37ClN6O10S3. The van der Waals surface area contributed by atoms with Gasteiger partial charge in [-0.2, -0.15) is 11.8 Å². The monoisotopic (exact) mass is 796 g/mol. The lowest BCUT2D eigenvalue weighted by Crippen LogP contribution is -2.71. The number of thioether (sulfide) groups is 2. The molecule has 1 unspecified atom stereocenters. The summed E-state index contributed by atoms with van der Waals surface area (Å²) in [4.78, 5) is 74.4. The smallest absolute Gasteiger partial charge is 0.352 e. The summed E-state index contributed by atoms with van der Waals surface area (Å²) in [5.41, 5.74) is 4.99. The van der Waals surface area contributed by atoms with Crippen molar-refractivity contribution in [3.8, 4) is 11.5 Å². The van der Waals surface area contributed by atoms with E-state index >= 15 is 0 Å². The normalized spacial score (nSPS) is 22.6. The van der Waals surface area contributed by atoms with E-state index in [1.54, 1.807) is 32.5 Å². The number of hydrogen-bond acceptors (Lipinski definition) is 14. The van der Waals surface area contributed by atoms with Gasteiger partial charge in [-0.3, -0.25) is 19.3 Å². The first-order chi connectivity index (χ1) is 24.5. The first-order valence-corrected chi connectivity index (χ1v) is 19.3. The molecule has 1 aliphatic carbocycles. The highest BCUT2D eigenvalue weighted by Crippen LogP contribution is 2.42. The molecule has 20 heteroatoms. The second-order valence-electron chi connectivity index (χ2n) is 13.4. The fourth-order valence-corrected chi connectivity index (χ4v) is 9.42. The third-order valence-electron chi connectivity index (χ3n) is 8.62. The van der Waals surface area contributed by atoms with Crippen molar-refractivity contribution in [1.29, 1.82) is 0 Å². The lowest BCUT2D eigenvalue weighted by Gasteiger charge is -2.49. The predicted octanol–water partition coefficient (Wildman–Crippen LogP) is 3.22. The number of aromatic nitrogens is 1. The number of hydrogen-bond donors (Lipinski definition) is 7. The van der Waals surface area contributed by atoms with Gasteiger partial charge in [-0.1, -0.05) is 37.5 Å². The highest BCUT2D eigenvalue weighted by atomic mass is 35.5. The van der Waals surface area contributed by atoms with Gasteiger partial charge in [-0.25, -0.2) is 14.6 Å². The number of halogens is 1. The molecule has 280 valence electrons. The number of nitrogens with two attached hydrogens (primary N) is 1. The largest absolute Gasteiger partial charge is 0.504 e. The minimum absolute atomic E-state index is 0.0156. The van der Waals surface area contributed by atoms with E-state index < -0.39 is 64.1 Å². The van der Waals surface area contributed by atoms with E-state index in [1.807, 2.05) is 0 Å². The second-order valence-corrected chi connectivity index (χ2v) is 17.0. The number of carboxylic acid groups (broad SMARTS) is 2. The SMILES string of the molecule is CC(C)(C)C(O/N=C(\C(=O)N[C@@H]1C(=O)N2C(C(=O)O)=C(CSC3CCC(NC(=O)c4ccc(O)c(O)c4Cl)CC3)CS[C@H]12)c1csc(N)n1)C(=O)O. The summed E-state index contributed by atoms with van der Waals surface area (Å²) >= 11 is 9.94. The number of aromatic hydroxyl groups is 2. The van der Waals surface area contributed by atoms with E-state index in [-0.39, 0.29) is 44.1 Å². The van der Waals surface area contributed by atoms with Gasteiger partial charge < -0.3 is 41.6 Å². The van der Waals surface area contributed by atoms with E-state index in [1.165, 1.54) is 34.2 Å². The van der Waals surface area contributed by atoms with E-state index in [0.717, 1.165) is 24.2 Å². The van der Waals surface area contributed by atoms with E-state index in [0.29, 0.717) is 29.9 Å². The molecule has 2 fully saturated rings. The van der Waals surface area contributed by atoms with Crippen molar-refractivity contribution in [2.75, 3.05) is 17.2 Å². The number of carbonyl (C=O) groups is 5. The molecule has 3 amide bonds. The van der Waals surface area contributed by atoms with Gasteiger partial charge in [0.1, 0.15) is 22.8 Å². The van der Waals surface area contributed by atoms with Crippen LogP contribution < -0.4 is 16.4 Å².